The van der Waals surface area contributed by atoms with E-state index in [1.165, 1.54) is 18.4 Å². The van der Waals surface area contributed by atoms with Gasteiger partial charge in [-0.25, -0.2) is 17.7 Å². The molecule has 0 fully saturated rings. The molecule has 2 aromatic carbocycles. The molecule has 1 heterocycles. The molecule has 0 spiro atoms. The van der Waals surface area contributed by atoms with Crippen molar-refractivity contribution in [3.05, 3.63) is 58.7 Å². The summed E-state index contributed by atoms with van der Waals surface area (Å²) in [5.74, 6) is 1.40. The average molecular weight is 492 g/mol. The molecule has 0 bridgehead atoms. The molecule has 0 atom stereocenters. The fraction of sp³-hybridized carbons (Fsp3) is 0.200. The van der Waals surface area contributed by atoms with Gasteiger partial charge >= 0.3 is 0 Å². The van der Waals surface area contributed by atoms with E-state index in [1.807, 2.05) is 25.1 Å². The van der Waals surface area contributed by atoms with Crippen LogP contribution in [0.25, 0.3) is 0 Å². The Kier molecular flexibility index (Phi) is 6.59. The number of halogens is 1. The van der Waals surface area contributed by atoms with Crippen LogP contribution < -0.4 is 15.4 Å². The van der Waals surface area contributed by atoms with Crippen molar-refractivity contribution in [2.75, 3.05) is 31.8 Å². The number of nitrogens with zero attached hydrogens (tertiary/aromatic N) is 3. The zero-order valence-corrected chi connectivity index (χ0v) is 19.4. The van der Waals surface area contributed by atoms with Gasteiger partial charge in [0.2, 0.25) is 16.0 Å². The van der Waals surface area contributed by atoms with Crippen LogP contribution in [0.5, 0.6) is 5.75 Å². The molecule has 1 aromatic heterocycles. The predicted octanol–water partition coefficient (Wildman–Crippen LogP) is 4.29. The van der Waals surface area contributed by atoms with E-state index < -0.39 is 10.0 Å². The van der Waals surface area contributed by atoms with Crippen LogP contribution in [0.1, 0.15) is 5.56 Å². The van der Waals surface area contributed by atoms with E-state index in [0.29, 0.717) is 27.7 Å². The van der Waals surface area contributed by atoms with E-state index in [4.69, 9.17) is 4.74 Å². The topological polar surface area (TPSA) is 96.4 Å². The first kappa shape index (κ1) is 22.0. The number of anilines is 4. The van der Waals surface area contributed by atoms with E-state index in [0.717, 1.165) is 11.3 Å². The summed E-state index contributed by atoms with van der Waals surface area (Å²) in [4.78, 5) is 8.93. The first-order chi connectivity index (χ1) is 14.2. The summed E-state index contributed by atoms with van der Waals surface area (Å²) >= 11 is 3.42. The summed E-state index contributed by atoms with van der Waals surface area (Å²) in [6, 6.07) is 12.4. The predicted molar refractivity (Wildman–Crippen MR) is 121 cm³/mol. The normalized spacial score (nSPS) is 11.4. The van der Waals surface area contributed by atoms with Gasteiger partial charge in [0.15, 0.2) is 0 Å². The third-order valence-corrected chi connectivity index (χ3v) is 6.70. The Hall–Kier alpha value is -2.69. The fourth-order valence-corrected chi connectivity index (χ4v) is 4.01. The van der Waals surface area contributed by atoms with Crippen molar-refractivity contribution >= 4 is 49.1 Å². The molecule has 8 nitrogen and oxygen atoms in total. The number of aromatic nitrogens is 2. The molecule has 0 aliphatic heterocycles. The largest absolute Gasteiger partial charge is 0.495 e. The monoisotopic (exact) mass is 491 g/mol. The zero-order chi connectivity index (χ0) is 21.9. The van der Waals surface area contributed by atoms with Crippen molar-refractivity contribution in [1.82, 2.24) is 14.3 Å². The van der Waals surface area contributed by atoms with E-state index in [9.17, 15) is 8.42 Å². The van der Waals surface area contributed by atoms with Gasteiger partial charge in [0.1, 0.15) is 16.5 Å². The van der Waals surface area contributed by atoms with Crippen molar-refractivity contribution < 1.29 is 13.2 Å². The van der Waals surface area contributed by atoms with E-state index in [2.05, 4.69) is 36.5 Å². The van der Waals surface area contributed by atoms with Crippen molar-refractivity contribution in [2.45, 2.75) is 11.8 Å². The number of sulfonamides is 1. The molecule has 0 amide bonds. The van der Waals surface area contributed by atoms with Gasteiger partial charge in [0.05, 0.1) is 23.0 Å². The second-order valence-corrected chi connectivity index (χ2v) is 9.60. The fourth-order valence-electron chi connectivity index (χ4n) is 2.67. The number of rotatable bonds is 7. The number of benzene rings is 2. The molecular weight excluding hydrogens is 470 g/mol. The first-order valence-corrected chi connectivity index (χ1v) is 11.2. The Morgan fingerprint density at radius 1 is 1.07 bits per heavy atom. The number of nitrogens with one attached hydrogen (secondary N) is 2. The third-order valence-electron chi connectivity index (χ3n) is 4.24. The van der Waals surface area contributed by atoms with E-state index in [1.54, 1.807) is 37.6 Å². The lowest BCUT2D eigenvalue weighted by atomic mass is 10.2. The van der Waals surface area contributed by atoms with Crippen molar-refractivity contribution in [3.63, 3.8) is 0 Å². The van der Waals surface area contributed by atoms with Gasteiger partial charge in [-0.2, -0.15) is 4.98 Å². The summed E-state index contributed by atoms with van der Waals surface area (Å²) < 4.78 is 32.4. The summed E-state index contributed by atoms with van der Waals surface area (Å²) in [7, 11) is 0.938. The Balaban J connectivity index is 1.96. The van der Waals surface area contributed by atoms with Crippen LogP contribution >= 0.6 is 15.9 Å². The van der Waals surface area contributed by atoms with Crippen molar-refractivity contribution in [3.8, 4) is 5.75 Å². The highest BCUT2D eigenvalue weighted by molar-refractivity contribution is 9.10. The molecule has 0 unspecified atom stereocenters. The SMILES string of the molecule is COc1ccc(C)cc1Nc1ncc(Br)c(Nc2ccccc2S(=O)(=O)N(C)C)n1. The van der Waals surface area contributed by atoms with Crippen LogP contribution in [-0.2, 0) is 10.0 Å². The molecule has 0 aliphatic carbocycles. The Labute approximate surface area is 184 Å². The molecule has 0 saturated carbocycles. The molecule has 3 aromatic rings. The number of hydrogen-bond donors (Lipinski definition) is 2. The maximum absolute atomic E-state index is 12.7. The Morgan fingerprint density at radius 3 is 2.50 bits per heavy atom. The molecule has 0 aliphatic rings. The minimum absolute atomic E-state index is 0.148. The highest BCUT2D eigenvalue weighted by Crippen LogP contribution is 2.31. The second-order valence-electron chi connectivity index (χ2n) is 6.63. The minimum Gasteiger partial charge on any atom is -0.495 e. The average Bonchev–Trinajstić information content (AvgIpc) is 2.71. The van der Waals surface area contributed by atoms with Gasteiger partial charge in [-0.1, -0.05) is 18.2 Å². The number of hydrogen-bond acceptors (Lipinski definition) is 7. The summed E-state index contributed by atoms with van der Waals surface area (Å²) in [6.07, 6.45) is 1.59. The molecule has 0 saturated heterocycles. The molecule has 30 heavy (non-hydrogen) atoms. The molecule has 3 rings (SSSR count). The number of para-hydroxylation sites is 1. The van der Waals surface area contributed by atoms with Crippen LogP contribution in [0.15, 0.2) is 58.0 Å². The van der Waals surface area contributed by atoms with Crippen molar-refractivity contribution in [2.24, 2.45) is 0 Å². The third kappa shape index (κ3) is 4.72. The van der Waals surface area contributed by atoms with Gasteiger partial charge < -0.3 is 15.4 Å². The molecule has 0 radical (unpaired) electrons. The molecule has 2 N–H and O–H groups in total. The van der Waals surface area contributed by atoms with Gasteiger partial charge in [0, 0.05) is 20.3 Å². The van der Waals surface area contributed by atoms with Crippen LogP contribution in [0.4, 0.5) is 23.1 Å². The first-order valence-electron chi connectivity index (χ1n) is 8.95. The minimum atomic E-state index is -3.63. The highest BCUT2D eigenvalue weighted by Gasteiger charge is 2.21. The van der Waals surface area contributed by atoms with Crippen LogP contribution in [0.3, 0.4) is 0 Å². The smallest absolute Gasteiger partial charge is 0.244 e. The summed E-state index contributed by atoms with van der Waals surface area (Å²) in [5, 5.41) is 6.24. The number of ether oxygens (including phenoxy) is 1. The number of methoxy groups -OCH3 is 1. The highest BCUT2D eigenvalue weighted by atomic mass is 79.9. The lowest BCUT2D eigenvalue weighted by Crippen LogP contribution is -2.23. The quantitative estimate of drug-likeness (QED) is 0.508. The van der Waals surface area contributed by atoms with Crippen LogP contribution in [0, 0.1) is 6.92 Å². The lowest BCUT2D eigenvalue weighted by Gasteiger charge is -2.17. The van der Waals surface area contributed by atoms with Gasteiger partial charge in [-0.15, -0.1) is 0 Å². The van der Waals surface area contributed by atoms with E-state index >= 15 is 0 Å². The van der Waals surface area contributed by atoms with E-state index in [-0.39, 0.29) is 4.90 Å². The summed E-state index contributed by atoms with van der Waals surface area (Å²) in [6.45, 7) is 1.97. The van der Waals surface area contributed by atoms with Gasteiger partial charge in [-0.3, -0.25) is 0 Å². The summed E-state index contributed by atoms with van der Waals surface area (Å²) in [5.41, 5.74) is 2.18. The zero-order valence-electron chi connectivity index (χ0n) is 17.0. The maximum Gasteiger partial charge on any atom is 0.244 e. The Morgan fingerprint density at radius 2 is 1.80 bits per heavy atom. The van der Waals surface area contributed by atoms with Crippen LogP contribution in [0.2, 0.25) is 0 Å². The van der Waals surface area contributed by atoms with Gasteiger partial charge in [0.25, 0.3) is 0 Å². The molecular formula is C20H22BrN5O3S. The second kappa shape index (κ2) is 8.99. The standard InChI is InChI=1S/C20H22BrN5O3S/c1-13-9-10-17(29-4)16(11-13)24-20-22-12-14(21)19(25-20)23-15-7-5-6-8-18(15)30(27,28)26(2)3/h5-12H,1-4H3,(H2,22,23,24,25). The molecule has 10 heteroatoms. The molecule has 158 valence electrons. The van der Waals surface area contributed by atoms with Gasteiger partial charge in [-0.05, 0) is 52.7 Å². The lowest BCUT2D eigenvalue weighted by molar-refractivity contribution is 0.416. The maximum atomic E-state index is 12.7. The van der Waals surface area contributed by atoms with Crippen LogP contribution in [-0.4, -0.2) is 43.9 Å². The van der Waals surface area contributed by atoms with Crippen molar-refractivity contribution in [1.29, 1.82) is 0 Å². The Bertz CT molecular complexity index is 1170. The number of aryl methyl sites for hydroxylation is 1.